The highest BCUT2D eigenvalue weighted by Gasteiger charge is 2.09. The van der Waals surface area contributed by atoms with Crippen LogP contribution in [0.15, 0.2) is 34.7 Å². The van der Waals surface area contributed by atoms with E-state index >= 15 is 0 Å². The second-order valence-electron chi connectivity index (χ2n) is 4.50. The lowest BCUT2D eigenvalue weighted by Gasteiger charge is -2.13. The first-order valence-electron chi connectivity index (χ1n) is 6.79. The molecular formula is C16H21NO3. The van der Waals surface area contributed by atoms with E-state index in [1.165, 1.54) is 0 Å². The Bertz CT molecular complexity index is 548. The van der Waals surface area contributed by atoms with Crippen LogP contribution in [-0.4, -0.2) is 13.7 Å². The minimum atomic E-state index is 0.624. The van der Waals surface area contributed by atoms with Gasteiger partial charge >= 0.3 is 0 Å². The molecule has 1 aromatic carbocycles. The summed E-state index contributed by atoms with van der Waals surface area (Å²) < 4.78 is 16.5. The molecular weight excluding hydrogens is 254 g/mol. The lowest BCUT2D eigenvalue weighted by Crippen LogP contribution is -2.13. The molecule has 20 heavy (non-hydrogen) atoms. The van der Waals surface area contributed by atoms with E-state index < -0.39 is 0 Å². The van der Waals surface area contributed by atoms with Gasteiger partial charge in [-0.3, -0.25) is 0 Å². The molecule has 2 aromatic rings. The zero-order valence-corrected chi connectivity index (χ0v) is 12.2. The maximum atomic E-state index is 5.57. The molecule has 0 amide bonds. The number of ether oxygens (including phenoxy) is 2. The highest BCUT2D eigenvalue weighted by atomic mass is 16.5. The first-order chi connectivity index (χ1) is 9.74. The summed E-state index contributed by atoms with van der Waals surface area (Å²) in [6, 6.07) is 9.87. The number of benzene rings is 1. The van der Waals surface area contributed by atoms with Gasteiger partial charge in [-0.25, -0.2) is 0 Å². The third-order valence-electron chi connectivity index (χ3n) is 2.98. The monoisotopic (exact) mass is 275 g/mol. The number of methoxy groups -OCH3 is 1. The molecule has 0 saturated carbocycles. The van der Waals surface area contributed by atoms with Crippen LogP contribution >= 0.6 is 0 Å². The molecule has 1 N–H and O–H groups in total. The third-order valence-corrected chi connectivity index (χ3v) is 2.98. The number of nitrogens with one attached hydrogen (secondary N) is 1. The van der Waals surface area contributed by atoms with Crippen LogP contribution in [0.25, 0.3) is 0 Å². The van der Waals surface area contributed by atoms with E-state index in [-0.39, 0.29) is 0 Å². The van der Waals surface area contributed by atoms with Crippen molar-refractivity contribution in [1.82, 2.24) is 5.32 Å². The van der Waals surface area contributed by atoms with E-state index in [1.807, 2.05) is 44.2 Å². The van der Waals surface area contributed by atoms with Gasteiger partial charge in [0.25, 0.3) is 0 Å². The summed E-state index contributed by atoms with van der Waals surface area (Å²) in [6.07, 6.45) is 0. The molecule has 0 unspecified atom stereocenters. The van der Waals surface area contributed by atoms with Crippen molar-refractivity contribution in [2.24, 2.45) is 0 Å². The fraction of sp³-hybridized carbons (Fsp3) is 0.375. The van der Waals surface area contributed by atoms with Gasteiger partial charge in [0.2, 0.25) is 0 Å². The van der Waals surface area contributed by atoms with Crippen molar-refractivity contribution in [2.75, 3.05) is 13.7 Å². The summed E-state index contributed by atoms with van der Waals surface area (Å²) >= 11 is 0. The van der Waals surface area contributed by atoms with E-state index in [9.17, 15) is 0 Å². The summed E-state index contributed by atoms with van der Waals surface area (Å²) in [5, 5.41) is 3.35. The summed E-state index contributed by atoms with van der Waals surface area (Å²) in [6.45, 7) is 5.92. The number of para-hydroxylation sites is 1. The molecule has 0 radical (unpaired) electrons. The molecule has 4 heteroatoms. The highest BCUT2D eigenvalue weighted by Crippen LogP contribution is 2.30. The number of hydrogen-bond donors (Lipinski definition) is 1. The molecule has 1 heterocycles. The minimum Gasteiger partial charge on any atom is -0.493 e. The maximum Gasteiger partial charge on any atom is 0.165 e. The van der Waals surface area contributed by atoms with Crippen LogP contribution in [0.5, 0.6) is 11.5 Å². The van der Waals surface area contributed by atoms with Crippen molar-refractivity contribution in [3.05, 3.63) is 47.4 Å². The Balaban J connectivity index is 1.99. The van der Waals surface area contributed by atoms with Gasteiger partial charge in [-0.1, -0.05) is 12.1 Å². The van der Waals surface area contributed by atoms with Crippen molar-refractivity contribution in [1.29, 1.82) is 0 Å². The van der Waals surface area contributed by atoms with Gasteiger partial charge in [-0.2, -0.15) is 0 Å². The van der Waals surface area contributed by atoms with Crippen LogP contribution in [0.4, 0.5) is 0 Å². The molecule has 2 rings (SSSR count). The predicted molar refractivity (Wildman–Crippen MR) is 78.2 cm³/mol. The molecule has 0 bridgehead atoms. The average molecular weight is 275 g/mol. The second kappa shape index (κ2) is 7.01. The summed E-state index contributed by atoms with van der Waals surface area (Å²) in [5.41, 5.74) is 1.07. The highest BCUT2D eigenvalue weighted by molar-refractivity contribution is 5.46. The molecule has 0 saturated heterocycles. The smallest absolute Gasteiger partial charge is 0.165 e. The molecule has 0 fully saturated rings. The Hall–Kier alpha value is -1.94. The SMILES string of the molecule is CCOc1cccc(CNCc2ccc(C)o2)c1OC. The molecule has 108 valence electrons. The summed E-state index contributed by atoms with van der Waals surface area (Å²) in [4.78, 5) is 0. The van der Waals surface area contributed by atoms with Crippen molar-refractivity contribution in [2.45, 2.75) is 26.9 Å². The number of rotatable bonds is 7. The quantitative estimate of drug-likeness (QED) is 0.842. The number of hydrogen-bond acceptors (Lipinski definition) is 4. The normalized spacial score (nSPS) is 10.6. The zero-order valence-electron chi connectivity index (χ0n) is 12.2. The van der Waals surface area contributed by atoms with Crippen LogP contribution in [0.1, 0.15) is 24.0 Å². The number of furan rings is 1. The Morgan fingerprint density at radius 2 is 2.00 bits per heavy atom. The van der Waals surface area contributed by atoms with Gasteiger partial charge in [0.1, 0.15) is 11.5 Å². The Morgan fingerprint density at radius 1 is 1.15 bits per heavy atom. The fourth-order valence-corrected chi connectivity index (χ4v) is 2.10. The van der Waals surface area contributed by atoms with Crippen LogP contribution in [0.3, 0.4) is 0 Å². The van der Waals surface area contributed by atoms with Crippen molar-refractivity contribution >= 4 is 0 Å². The molecule has 0 aliphatic heterocycles. The topological polar surface area (TPSA) is 43.6 Å². The van der Waals surface area contributed by atoms with E-state index in [1.54, 1.807) is 7.11 Å². The zero-order chi connectivity index (χ0) is 14.4. The third kappa shape index (κ3) is 3.54. The summed E-state index contributed by atoms with van der Waals surface area (Å²) in [7, 11) is 1.66. The predicted octanol–water partition coefficient (Wildman–Crippen LogP) is 3.29. The van der Waals surface area contributed by atoms with Crippen molar-refractivity contribution in [3.8, 4) is 11.5 Å². The van der Waals surface area contributed by atoms with Gasteiger partial charge in [0.05, 0.1) is 20.3 Å². The van der Waals surface area contributed by atoms with Crippen LogP contribution in [0.2, 0.25) is 0 Å². The van der Waals surface area contributed by atoms with Gasteiger partial charge in [-0.15, -0.1) is 0 Å². The Morgan fingerprint density at radius 3 is 2.65 bits per heavy atom. The van der Waals surface area contributed by atoms with Gasteiger partial charge in [0, 0.05) is 12.1 Å². The van der Waals surface area contributed by atoms with E-state index in [4.69, 9.17) is 13.9 Å². The Kier molecular flexibility index (Phi) is 5.07. The molecule has 0 atom stereocenters. The molecule has 4 nitrogen and oxygen atoms in total. The van der Waals surface area contributed by atoms with E-state index in [0.717, 1.165) is 28.6 Å². The van der Waals surface area contributed by atoms with Crippen LogP contribution < -0.4 is 14.8 Å². The lowest BCUT2D eigenvalue weighted by atomic mass is 10.2. The van der Waals surface area contributed by atoms with Gasteiger partial charge in [-0.05, 0) is 32.0 Å². The lowest BCUT2D eigenvalue weighted by molar-refractivity contribution is 0.308. The first kappa shape index (κ1) is 14.5. The average Bonchev–Trinajstić information content (AvgIpc) is 2.85. The largest absolute Gasteiger partial charge is 0.493 e. The van der Waals surface area contributed by atoms with Crippen molar-refractivity contribution in [3.63, 3.8) is 0 Å². The van der Waals surface area contributed by atoms with Crippen molar-refractivity contribution < 1.29 is 13.9 Å². The van der Waals surface area contributed by atoms with Gasteiger partial charge < -0.3 is 19.2 Å². The molecule has 0 spiro atoms. The summed E-state index contributed by atoms with van der Waals surface area (Å²) in [5.74, 6) is 3.43. The first-order valence-corrected chi connectivity index (χ1v) is 6.79. The standard InChI is InChI=1S/C16H21NO3/c1-4-19-15-7-5-6-13(16(15)18-3)10-17-11-14-9-8-12(2)20-14/h5-9,17H,4,10-11H2,1-3H3. The minimum absolute atomic E-state index is 0.624. The van der Waals surface area contributed by atoms with Crippen LogP contribution in [0, 0.1) is 6.92 Å². The van der Waals surface area contributed by atoms with E-state index in [2.05, 4.69) is 5.32 Å². The maximum absolute atomic E-state index is 5.57. The molecule has 0 aliphatic rings. The molecule has 0 aliphatic carbocycles. The van der Waals surface area contributed by atoms with Gasteiger partial charge in [0.15, 0.2) is 11.5 Å². The fourth-order valence-electron chi connectivity index (χ4n) is 2.10. The Labute approximate surface area is 119 Å². The number of aryl methyl sites for hydroxylation is 1. The van der Waals surface area contributed by atoms with Crippen LogP contribution in [-0.2, 0) is 13.1 Å². The van der Waals surface area contributed by atoms with E-state index in [0.29, 0.717) is 19.7 Å². The molecule has 1 aromatic heterocycles. The second-order valence-corrected chi connectivity index (χ2v) is 4.50.